The van der Waals surface area contributed by atoms with Gasteiger partial charge in [-0.2, -0.15) is 0 Å². The van der Waals surface area contributed by atoms with Crippen molar-refractivity contribution in [3.63, 3.8) is 0 Å². The van der Waals surface area contributed by atoms with Gasteiger partial charge in [0, 0.05) is 64.3 Å². The molecule has 0 unspecified atom stereocenters. The van der Waals surface area contributed by atoms with Crippen molar-refractivity contribution in [1.82, 2.24) is 19.4 Å². The van der Waals surface area contributed by atoms with E-state index in [-0.39, 0.29) is 0 Å². The first-order valence-electron chi connectivity index (χ1n) is 9.57. The number of rotatable bonds is 6. The van der Waals surface area contributed by atoms with Crippen molar-refractivity contribution in [3.05, 3.63) is 47.8 Å². The Bertz CT molecular complexity index is 697. The summed E-state index contributed by atoms with van der Waals surface area (Å²) in [5, 5.41) is 0. The first kappa shape index (κ1) is 17.6. The van der Waals surface area contributed by atoms with Crippen molar-refractivity contribution >= 4 is 0 Å². The molecule has 0 bridgehead atoms. The molecule has 4 rings (SSSR count). The molecule has 4 heterocycles. The summed E-state index contributed by atoms with van der Waals surface area (Å²) in [5.41, 5.74) is 3.61. The fourth-order valence-corrected chi connectivity index (χ4v) is 4.07. The van der Waals surface area contributed by atoms with E-state index in [0.717, 1.165) is 64.6 Å². The Morgan fingerprint density at radius 1 is 1.19 bits per heavy atom. The van der Waals surface area contributed by atoms with Gasteiger partial charge in [0.05, 0.1) is 24.3 Å². The van der Waals surface area contributed by atoms with E-state index in [1.54, 1.807) is 0 Å². The predicted octanol–water partition coefficient (Wildman–Crippen LogP) is 2.36. The highest BCUT2D eigenvalue weighted by molar-refractivity contribution is 5.22. The van der Waals surface area contributed by atoms with Crippen LogP contribution in [-0.4, -0.2) is 52.4 Å². The zero-order valence-electron chi connectivity index (χ0n) is 15.5. The molecule has 0 spiro atoms. The SMILES string of the molecule is Cn1cnc2c1[C@@H](COCC1CCOCC1)CN(Cc1ccccn1)C2. The van der Waals surface area contributed by atoms with Crippen LogP contribution in [0.1, 0.15) is 35.8 Å². The quantitative estimate of drug-likeness (QED) is 0.795. The zero-order valence-corrected chi connectivity index (χ0v) is 15.5. The van der Waals surface area contributed by atoms with Gasteiger partial charge < -0.3 is 14.0 Å². The largest absolute Gasteiger partial charge is 0.381 e. The summed E-state index contributed by atoms with van der Waals surface area (Å²) in [7, 11) is 2.09. The highest BCUT2D eigenvalue weighted by Gasteiger charge is 2.29. The van der Waals surface area contributed by atoms with Crippen LogP contribution in [0.3, 0.4) is 0 Å². The summed E-state index contributed by atoms with van der Waals surface area (Å²) in [6.45, 7) is 6.06. The van der Waals surface area contributed by atoms with Crippen molar-refractivity contribution in [1.29, 1.82) is 0 Å². The smallest absolute Gasteiger partial charge is 0.0949 e. The van der Waals surface area contributed by atoms with Gasteiger partial charge in [0.1, 0.15) is 0 Å². The second-order valence-corrected chi connectivity index (χ2v) is 7.47. The third-order valence-corrected chi connectivity index (χ3v) is 5.43. The van der Waals surface area contributed by atoms with E-state index < -0.39 is 0 Å². The molecule has 0 amide bonds. The van der Waals surface area contributed by atoms with Crippen LogP contribution in [0.4, 0.5) is 0 Å². The lowest BCUT2D eigenvalue weighted by molar-refractivity contribution is 0.0127. The van der Waals surface area contributed by atoms with Crippen molar-refractivity contribution < 1.29 is 9.47 Å². The van der Waals surface area contributed by atoms with Crippen LogP contribution < -0.4 is 0 Å². The van der Waals surface area contributed by atoms with Crippen molar-refractivity contribution in [2.75, 3.05) is 33.0 Å². The van der Waals surface area contributed by atoms with Gasteiger partial charge in [-0.15, -0.1) is 0 Å². The van der Waals surface area contributed by atoms with Crippen LogP contribution >= 0.6 is 0 Å². The number of ether oxygens (including phenoxy) is 2. The Morgan fingerprint density at radius 2 is 2.08 bits per heavy atom. The highest BCUT2D eigenvalue weighted by atomic mass is 16.5. The van der Waals surface area contributed by atoms with Crippen LogP contribution in [0.15, 0.2) is 30.7 Å². The minimum absolute atomic E-state index is 0.356. The number of nitrogens with zero attached hydrogens (tertiary/aromatic N) is 4. The maximum Gasteiger partial charge on any atom is 0.0949 e. The Morgan fingerprint density at radius 3 is 2.88 bits per heavy atom. The van der Waals surface area contributed by atoms with Gasteiger partial charge in [-0.25, -0.2) is 4.98 Å². The normalized spacial score (nSPS) is 21.7. The van der Waals surface area contributed by atoms with E-state index in [0.29, 0.717) is 11.8 Å². The molecule has 2 aliphatic heterocycles. The van der Waals surface area contributed by atoms with Crippen LogP contribution in [0.25, 0.3) is 0 Å². The second-order valence-electron chi connectivity index (χ2n) is 7.47. The van der Waals surface area contributed by atoms with E-state index in [1.807, 2.05) is 24.7 Å². The number of fused-ring (bicyclic) bond motifs is 1. The molecule has 2 aromatic heterocycles. The summed E-state index contributed by atoms with van der Waals surface area (Å²) in [4.78, 5) is 11.5. The van der Waals surface area contributed by atoms with Crippen LogP contribution in [-0.2, 0) is 29.6 Å². The molecule has 0 N–H and O–H groups in total. The Kier molecular flexibility index (Phi) is 5.62. The van der Waals surface area contributed by atoms with Crippen molar-refractivity contribution in [3.8, 4) is 0 Å². The Balaban J connectivity index is 1.39. The number of hydrogen-bond acceptors (Lipinski definition) is 5. The molecule has 2 aliphatic rings. The number of aryl methyl sites for hydroxylation is 1. The maximum absolute atomic E-state index is 6.15. The molecule has 0 radical (unpaired) electrons. The molecule has 6 heteroatoms. The van der Waals surface area contributed by atoms with Crippen molar-refractivity contribution in [2.45, 2.75) is 31.8 Å². The molecule has 1 atom stereocenters. The molecule has 1 saturated heterocycles. The summed E-state index contributed by atoms with van der Waals surface area (Å²) in [6, 6.07) is 6.10. The lowest BCUT2D eigenvalue weighted by atomic mass is 9.98. The second kappa shape index (κ2) is 8.29. The summed E-state index contributed by atoms with van der Waals surface area (Å²) >= 11 is 0. The minimum Gasteiger partial charge on any atom is -0.381 e. The van der Waals surface area contributed by atoms with Gasteiger partial charge >= 0.3 is 0 Å². The lowest BCUT2D eigenvalue weighted by Gasteiger charge is -2.33. The molecule has 0 aromatic carbocycles. The van der Waals surface area contributed by atoms with Crippen molar-refractivity contribution in [2.24, 2.45) is 13.0 Å². The molecule has 0 saturated carbocycles. The zero-order chi connectivity index (χ0) is 17.8. The standard InChI is InChI=1S/C20H28N4O2/c1-23-15-22-19-12-24(11-18-4-2-3-7-21-18)10-17(20(19)23)14-26-13-16-5-8-25-9-6-16/h2-4,7,15-17H,5-6,8-14H2,1H3/t17-/m1/s1. The van der Waals surface area contributed by atoms with E-state index in [4.69, 9.17) is 9.47 Å². The topological polar surface area (TPSA) is 52.4 Å². The Labute approximate surface area is 155 Å². The summed E-state index contributed by atoms with van der Waals surface area (Å²) in [5.74, 6) is 0.998. The van der Waals surface area contributed by atoms with Crippen LogP contribution in [0.2, 0.25) is 0 Å². The van der Waals surface area contributed by atoms with Crippen LogP contribution in [0, 0.1) is 5.92 Å². The molecular weight excluding hydrogens is 328 g/mol. The number of pyridine rings is 1. The molecule has 2 aromatic rings. The monoisotopic (exact) mass is 356 g/mol. The van der Waals surface area contributed by atoms with E-state index in [1.165, 1.54) is 11.4 Å². The average Bonchev–Trinajstić information content (AvgIpc) is 3.04. The third-order valence-electron chi connectivity index (χ3n) is 5.43. The van der Waals surface area contributed by atoms with Crippen LogP contribution in [0.5, 0.6) is 0 Å². The summed E-state index contributed by atoms with van der Waals surface area (Å²) in [6.07, 6.45) is 6.03. The van der Waals surface area contributed by atoms with E-state index in [9.17, 15) is 0 Å². The first-order chi connectivity index (χ1) is 12.8. The lowest BCUT2D eigenvalue weighted by Crippen LogP contribution is -2.36. The number of aromatic nitrogens is 3. The third kappa shape index (κ3) is 4.14. The highest BCUT2D eigenvalue weighted by Crippen LogP contribution is 2.28. The van der Waals surface area contributed by atoms with E-state index >= 15 is 0 Å². The number of hydrogen-bond donors (Lipinski definition) is 0. The van der Waals surface area contributed by atoms with Gasteiger partial charge in [-0.3, -0.25) is 9.88 Å². The van der Waals surface area contributed by atoms with Gasteiger partial charge in [-0.05, 0) is 30.9 Å². The first-order valence-corrected chi connectivity index (χ1v) is 9.57. The van der Waals surface area contributed by atoms with Gasteiger partial charge in [0.25, 0.3) is 0 Å². The molecule has 1 fully saturated rings. The van der Waals surface area contributed by atoms with E-state index in [2.05, 4.69) is 32.5 Å². The molecule has 26 heavy (non-hydrogen) atoms. The average molecular weight is 356 g/mol. The minimum atomic E-state index is 0.356. The maximum atomic E-state index is 6.15. The predicted molar refractivity (Wildman–Crippen MR) is 98.7 cm³/mol. The fraction of sp³-hybridized carbons (Fsp3) is 0.600. The van der Waals surface area contributed by atoms with Gasteiger partial charge in [0.2, 0.25) is 0 Å². The molecule has 0 aliphatic carbocycles. The number of imidazole rings is 1. The van der Waals surface area contributed by atoms with Gasteiger partial charge in [0.15, 0.2) is 0 Å². The molecular formula is C20H28N4O2. The molecule has 6 nitrogen and oxygen atoms in total. The summed E-state index contributed by atoms with van der Waals surface area (Å²) < 4.78 is 13.8. The van der Waals surface area contributed by atoms with Gasteiger partial charge in [-0.1, -0.05) is 6.07 Å². The fourth-order valence-electron chi connectivity index (χ4n) is 4.07. The Hall–Kier alpha value is -1.76. The molecule has 140 valence electrons.